The van der Waals surface area contributed by atoms with Crippen LogP contribution >= 0.6 is 0 Å². The van der Waals surface area contributed by atoms with Crippen molar-refractivity contribution in [3.05, 3.63) is 30.3 Å². The van der Waals surface area contributed by atoms with Crippen LogP contribution in [0.25, 0.3) is 0 Å². The molecule has 3 heteroatoms. The minimum atomic E-state index is 0.127. The Hall–Kier alpha value is -1.51. The van der Waals surface area contributed by atoms with E-state index in [1.165, 1.54) is 0 Å². The van der Waals surface area contributed by atoms with E-state index in [0.717, 1.165) is 18.7 Å². The van der Waals surface area contributed by atoms with Crippen LogP contribution in [0.5, 0.6) is 0 Å². The quantitative estimate of drug-likeness (QED) is 0.820. The molecule has 1 aromatic rings. The van der Waals surface area contributed by atoms with E-state index in [9.17, 15) is 4.79 Å². The number of carbonyl (C=O) groups is 1. The van der Waals surface area contributed by atoms with Crippen LogP contribution in [0.2, 0.25) is 0 Å². The number of hydrogen-bond donors (Lipinski definition) is 1. The molecule has 0 heterocycles. The lowest BCUT2D eigenvalue weighted by molar-refractivity contribution is -0.121. The topological polar surface area (TPSA) is 32.3 Å². The van der Waals surface area contributed by atoms with Crippen molar-refractivity contribution in [1.82, 2.24) is 5.32 Å². The Morgan fingerprint density at radius 1 is 1.35 bits per heavy atom. The Bertz CT molecular complexity index is 337. The van der Waals surface area contributed by atoms with E-state index in [2.05, 4.69) is 17.1 Å². The number of para-hydroxylation sites is 1. The summed E-state index contributed by atoms with van der Waals surface area (Å²) >= 11 is 0. The maximum absolute atomic E-state index is 11.6. The van der Waals surface area contributed by atoms with Gasteiger partial charge in [0.1, 0.15) is 0 Å². The average molecular weight is 234 g/mol. The molecule has 0 aliphatic heterocycles. The molecule has 0 radical (unpaired) electrons. The van der Waals surface area contributed by atoms with Crippen molar-refractivity contribution < 1.29 is 4.79 Å². The first-order chi connectivity index (χ1) is 8.13. The first-order valence-corrected chi connectivity index (χ1v) is 6.19. The Kier molecular flexibility index (Phi) is 5.53. The maximum Gasteiger partial charge on any atom is 0.221 e. The lowest BCUT2D eigenvalue weighted by Crippen LogP contribution is -2.34. The molecule has 1 atom stereocenters. The summed E-state index contributed by atoms with van der Waals surface area (Å²) in [5, 5.41) is 2.97. The molecule has 94 valence electrons. The lowest BCUT2D eigenvalue weighted by atomic mass is 10.2. The number of nitrogens with one attached hydrogen (secondary N) is 1. The Morgan fingerprint density at radius 3 is 2.59 bits per heavy atom. The molecule has 1 unspecified atom stereocenters. The van der Waals surface area contributed by atoms with Crippen LogP contribution in [0.3, 0.4) is 0 Å². The lowest BCUT2D eigenvalue weighted by Gasteiger charge is -2.19. The second kappa shape index (κ2) is 6.94. The minimum absolute atomic E-state index is 0.127. The summed E-state index contributed by atoms with van der Waals surface area (Å²) in [5.74, 6) is 0.127. The molecule has 0 aliphatic rings. The van der Waals surface area contributed by atoms with Crippen molar-refractivity contribution in [3.63, 3.8) is 0 Å². The van der Waals surface area contributed by atoms with Gasteiger partial charge in [0, 0.05) is 31.7 Å². The van der Waals surface area contributed by atoms with Crippen molar-refractivity contribution in [2.45, 2.75) is 32.7 Å². The third-order valence-electron chi connectivity index (χ3n) is 2.89. The van der Waals surface area contributed by atoms with Gasteiger partial charge < -0.3 is 10.2 Å². The molecule has 0 aliphatic carbocycles. The minimum Gasteiger partial charge on any atom is -0.374 e. The highest BCUT2D eigenvalue weighted by Gasteiger charge is 2.07. The Morgan fingerprint density at radius 2 is 2.00 bits per heavy atom. The number of nitrogens with zero attached hydrogens (tertiary/aromatic N) is 1. The van der Waals surface area contributed by atoms with Crippen LogP contribution in [0.1, 0.15) is 26.7 Å². The van der Waals surface area contributed by atoms with Gasteiger partial charge in [0.25, 0.3) is 0 Å². The summed E-state index contributed by atoms with van der Waals surface area (Å²) in [5.41, 5.74) is 1.14. The van der Waals surface area contributed by atoms with Gasteiger partial charge in [-0.05, 0) is 25.5 Å². The van der Waals surface area contributed by atoms with Crippen molar-refractivity contribution in [1.29, 1.82) is 0 Å². The summed E-state index contributed by atoms with van der Waals surface area (Å²) in [6.07, 6.45) is 1.51. The predicted molar refractivity (Wildman–Crippen MR) is 72.2 cm³/mol. The second-order valence-corrected chi connectivity index (χ2v) is 4.38. The van der Waals surface area contributed by atoms with Gasteiger partial charge in [-0.25, -0.2) is 0 Å². The molecule has 17 heavy (non-hydrogen) atoms. The molecule has 0 saturated carbocycles. The van der Waals surface area contributed by atoms with Gasteiger partial charge >= 0.3 is 0 Å². The number of anilines is 1. The van der Waals surface area contributed by atoms with E-state index < -0.39 is 0 Å². The monoisotopic (exact) mass is 234 g/mol. The predicted octanol–water partition coefficient (Wildman–Crippen LogP) is 2.43. The Labute approximate surface area is 104 Å². The number of carbonyl (C=O) groups excluding carboxylic acids is 1. The largest absolute Gasteiger partial charge is 0.374 e. The molecular formula is C14H22N2O. The highest BCUT2D eigenvalue weighted by molar-refractivity contribution is 5.76. The highest BCUT2D eigenvalue weighted by Crippen LogP contribution is 2.10. The van der Waals surface area contributed by atoms with E-state index >= 15 is 0 Å². The standard InChI is InChI=1S/C14H22N2O/c1-4-12(2)15-14(17)10-11-16(3)13-8-6-5-7-9-13/h5-9,12H,4,10-11H2,1-3H3,(H,15,17). The van der Waals surface area contributed by atoms with E-state index in [1.807, 2.05) is 44.3 Å². The molecule has 1 amide bonds. The fourth-order valence-electron chi connectivity index (χ4n) is 1.53. The molecule has 0 spiro atoms. The maximum atomic E-state index is 11.6. The molecule has 1 aromatic carbocycles. The van der Waals surface area contributed by atoms with E-state index in [1.54, 1.807) is 0 Å². The number of amides is 1. The van der Waals surface area contributed by atoms with Crippen LogP contribution in [-0.4, -0.2) is 25.5 Å². The number of rotatable bonds is 6. The molecule has 1 N–H and O–H groups in total. The zero-order chi connectivity index (χ0) is 12.7. The van der Waals surface area contributed by atoms with E-state index in [0.29, 0.717) is 6.42 Å². The zero-order valence-corrected chi connectivity index (χ0v) is 10.9. The zero-order valence-electron chi connectivity index (χ0n) is 10.9. The summed E-state index contributed by atoms with van der Waals surface area (Å²) in [7, 11) is 2.01. The van der Waals surface area contributed by atoms with Crippen LogP contribution in [0, 0.1) is 0 Å². The van der Waals surface area contributed by atoms with E-state index in [-0.39, 0.29) is 11.9 Å². The van der Waals surface area contributed by atoms with E-state index in [4.69, 9.17) is 0 Å². The van der Waals surface area contributed by atoms with Gasteiger partial charge in [-0.1, -0.05) is 25.1 Å². The van der Waals surface area contributed by atoms with Gasteiger partial charge in [0.2, 0.25) is 5.91 Å². The van der Waals surface area contributed by atoms with Gasteiger partial charge in [-0.2, -0.15) is 0 Å². The van der Waals surface area contributed by atoms with Crippen LogP contribution in [0.4, 0.5) is 5.69 Å². The Balaban J connectivity index is 2.33. The third-order valence-corrected chi connectivity index (χ3v) is 2.89. The smallest absolute Gasteiger partial charge is 0.221 e. The van der Waals surface area contributed by atoms with Gasteiger partial charge in [-0.15, -0.1) is 0 Å². The van der Waals surface area contributed by atoms with Gasteiger partial charge in [0.05, 0.1) is 0 Å². The SMILES string of the molecule is CCC(C)NC(=O)CCN(C)c1ccccc1. The third kappa shape index (κ3) is 4.89. The van der Waals surface area contributed by atoms with Crippen molar-refractivity contribution >= 4 is 11.6 Å². The highest BCUT2D eigenvalue weighted by atomic mass is 16.1. The average Bonchev–Trinajstić information content (AvgIpc) is 2.36. The summed E-state index contributed by atoms with van der Waals surface area (Å²) in [6.45, 7) is 4.84. The molecule has 0 bridgehead atoms. The molecule has 0 fully saturated rings. The number of benzene rings is 1. The molecule has 0 saturated heterocycles. The molecule has 1 rings (SSSR count). The summed E-state index contributed by atoms with van der Waals surface area (Å²) < 4.78 is 0. The summed E-state index contributed by atoms with van der Waals surface area (Å²) in [6, 6.07) is 10.4. The van der Waals surface area contributed by atoms with Crippen LogP contribution < -0.4 is 10.2 Å². The second-order valence-electron chi connectivity index (χ2n) is 4.38. The van der Waals surface area contributed by atoms with Gasteiger partial charge in [0.15, 0.2) is 0 Å². The fraction of sp³-hybridized carbons (Fsp3) is 0.500. The summed E-state index contributed by atoms with van der Waals surface area (Å²) in [4.78, 5) is 13.7. The van der Waals surface area contributed by atoms with Crippen molar-refractivity contribution in [3.8, 4) is 0 Å². The molecule has 0 aromatic heterocycles. The van der Waals surface area contributed by atoms with Crippen LogP contribution in [0.15, 0.2) is 30.3 Å². The first kappa shape index (κ1) is 13.6. The number of hydrogen-bond acceptors (Lipinski definition) is 2. The van der Waals surface area contributed by atoms with Gasteiger partial charge in [-0.3, -0.25) is 4.79 Å². The molecular weight excluding hydrogens is 212 g/mol. The first-order valence-electron chi connectivity index (χ1n) is 6.19. The van der Waals surface area contributed by atoms with Crippen molar-refractivity contribution in [2.24, 2.45) is 0 Å². The normalized spacial score (nSPS) is 11.9. The van der Waals surface area contributed by atoms with Crippen LogP contribution in [-0.2, 0) is 4.79 Å². The molecule has 3 nitrogen and oxygen atoms in total. The fourth-order valence-corrected chi connectivity index (χ4v) is 1.53. The van der Waals surface area contributed by atoms with Crippen molar-refractivity contribution in [2.75, 3.05) is 18.5 Å².